The van der Waals surface area contributed by atoms with Crippen LogP contribution in [0, 0.1) is 11.8 Å². The van der Waals surface area contributed by atoms with Crippen LogP contribution >= 0.6 is 0 Å². The lowest BCUT2D eigenvalue weighted by molar-refractivity contribution is -0.148. The van der Waals surface area contributed by atoms with E-state index in [2.05, 4.69) is 22.0 Å². The number of aliphatic hydroxyl groups is 2. The number of fused-ring (bicyclic) bond motifs is 2. The standard InChI is InChI=1S/C22H28N2O3/c25-11-12-27-21-8-6-17(7-9-21)14-24-15-19-3-1-4-20(16-24)22(19,26)18-5-2-10-23-13-18/h2,5-10,13,19-20,25-26H,1,3-4,11-12,14-16H2/t19-,20-/m1/s1. The number of benzene rings is 1. The van der Waals surface area contributed by atoms with E-state index in [0.717, 1.165) is 43.8 Å². The van der Waals surface area contributed by atoms with Crippen LogP contribution in [-0.4, -0.2) is 46.4 Å². The normalized spacial score (nSPS) is 28.1. The van der Waals surface area contributed by atoms with E-state index < -0.39 is 5.60 Å². The Morgan fingerprint density at radius 2 is 1.85 bits per heavy atom. The molecule has 2 bridgehead atoms. The molecule has 1 saturated heterocycles. The summed E-state index contributed by atoms with van der Waals surface area (Å²) >= 11 is 0. The number of ether oxygens (including phenoxy) is 1. The highest BCUT2D eigenvalue weighted by atomic mass is 16.5. The van der Waals surface area contributed by atoms with Gasteiger partial charge in [-0.3, -0.25) is 9.88 Å². The summed E-state index contributed by atoms with van der Waals surface area (Å²) in [5.41, 5.74) is 1.48. The molecule has 5 nitrogen and oxygen atoms in total. The quantitative estimate of drug-likeness (QED) is 0.820. The fraction of sp³-hybridized carbons (Fsp3) is 0.500. The van der Waals surface area contributed by atoms with Gasteiger partial charge in [-0.15, -0.1) is 0 Å². The molecule has 27 heavy (non-hydrogen) atoms. The summed E-state index contributed by atoms with van der Waals surface area (Å²) in [4.78, 5) is 6.72. The summed E-state index contributed by atoms with van der Waals surface area (Å²) in [6.45, 7) is 3.05. The predicted octanol–water partition coefficient (Wildman–Crippen LogP) is 2.57. The SMILES string of the molecule is OCCOc1ccc(CN2C[C@H]3CCC[C@H](C2)C3(O)c2cccnc2)cc1. The Bertz CT molecular complexity index is 721. The molecule has 144 valence electrons. The van der Waals surface area contributed by atoms with Gasteiger partial charge in [0, 0.05) is 49.4 Å². The largest absolute Gasteiger partial charge is 0.491 e. The number of nitrogens with zero attached hydrogens (tertiary/aromatic N) is 2. The third-order valence-electron chi connectivity index (χ3n) is 6.12. The van der Waals surface area contributed by atoms with Crippen LogP contribution in [0.3, 0.4) is 0 Å². The number of piperidine rings is 1. The first kappa shape index (κ1) is 18.4. The molecular formula is C22H28N2O3. The average Bonchev–Trinajstić information content (AvgIpc) is 2.69. The molecule has 5 heteroatoms. The fourth-order valence-corrected chi connectivity index (χ4v) is 4.86. The van der Waals surface area contributed by atoms with Gasteiger partial charge in [0.25, 0.3) is 0 Å². The molecule has 2 heterocycles. The number of aliphatic hydroxyl groups excluding tert-OH is 1. The van der Waals surface area contributed by atoms with Crippen molar-refractivity contribution >= 4 is 0 Å². The highest BCUT2D eigenvalue weighted by molar-refractivity contribution is 5.28. The highest BCUT2D eigenvalue weighted by Crippen LogP contribution is 2.49. The van der Waals surface area contributed by atoms with Crippen molar-refractivity contribution in [3.8, 4) is 5.75 Å². The summed E-state index contributed by atoms with van der Waals surface area (Å²) in [5.74, 6) is 1.29. The van der Waals surface area contributed by atoms with Gasteiger partial charge in [-0.05, 0) is 36.6 Å². The monoisotopic (exact) mass is 368 g/mol. The second-order valence-electron chi connectivity index (χ2n) is 7.80. The van der Waals surface area contributed by atoms with E-state index >= 15 is 0 Å². The molecule has 1 aromatic carbocycles. The van der Waals surface area contributed by atoms with Crippen molar-refractivity contribution in [1.29, 1.82) is 0 Å². The Morgan fingerprint density at radius 3 is 2.48 bits per heavy atom. The van der Waals surface area contributed by atoms with Crippen LogP contribution in [0.1, 0.15) is 30.4 Å². The predicted molar refractivity (Wildman–Crippen MR) is 103 cm³/mol. The smallest absolute Gasteiger partial charge is 0.119 e. The van der Waals surface area contributed by atoms with Crippen molar-refractivity contribution in [2.75, 3.05) is 26.3 Å². The average molecular weight is 368 g/mol. The zero-order valence-corrected chi connectivity index (χ0v) is 15.6. The minimum atomic E-state index is -0.745. The van der Waals surface area contributed by atoms with Gasteiger partial charge in [0.15, 0.2) is 0 Å². The Morgan fingerprint density at radius 1 is 1.11 bits per heavy atom. The second kappa shape index (κ2) is 7.97. The van der Waals surface area contributed by atoms with Gasteiger partial charge in [-0.2, -0.15) is 0 Å². The molecule has 4 rings (SSSR count). The molecule has 2 atom stereocenters. The molecule has 0 spiro atoms. The van der Waals surface area contributed by atoms with Gasteiger partial charge in [0.1, 0.15) is 12.4 Å². The Balaban J connectivity index is 1.46. The lowest BCUT2D eigenvalue weighted by Gasteiger charge is -2.53. The van der Waals surface area contributed by atoms with E-state index in [0.29, 0.717) is 6.61 Å². The van der Waals surface area contributed by atoms with Gasteiger partial charge in [-0.1, -0.05) is 24.6 Å². The number of rotatable bonds is 6. The maximum absolute atomic E-state index is 11.6. The third-order valence-corrected chi connectivity index (χ3v) is 6.12. The van der Waals surface area contributed by atoms with Gasteiger partial charge in [0.05, 0.1) is 12.2 Å². The van der Waals surface area contributed by atoms with Crippen molar-refractivity contribution in [1.82, 2.24) is 9.88 Å². The number of hydrogen-bond acceptors (Lipinski definition) is 5. The number of hydrogen-bond donors (Lipinski definition) is 2. The lowest BCUT2D eigenvalue weighted by atomic mass is 9.63. The van der Waals surface area contributed by atoms with Crippen LogP contribution in [0.15, 0.2) is 48.8 Å². The molecular weight excluding hydrogens is 340 g/mol. The molecule has 0 unspecified atom stereocenters. The number of pyridine rings is 1. The molecule has 0 radical (unpaired) electrons. The van der Waals surface area contributed by atoms with Crippen LogP contribution in [0.25, 0.3) is 0 Å². The van der Waals surface area contributed by atoms with E-state index in [4.69, 9.17) is 9.84 Å². The summed E-state index contributed by atoms with van der Waals surface area (Å²) < 4.78 is 5.43. The molecule has 1 aliphatic heterocycles. The van der Waals surface area contributed by atoms with Crippen LogP contribution in [0.5, 0.6) is 5.75 Å². The van der Waals surface area contributed by atoms with Crippen LogP contribution in [0.2, 0.25) is 0 Å². The van der Waals surface area contributed by atoms with Crippen LogP contribution in [0.4, 0.5) is 0 Å². The first-order valence-corrected chi connectivity index (χ1v) is 9.88. The summed E-state index contributed by atoms with van der Waals surface area (Å²) in [7, 11) is 0. The van der Waals surface area contributed by atoms with Gasteiger partial charge < -0.3 is 14.9 Å². The van der Waals surface area contributed by atoms with Crippen LogP contribution in [-0.2, 0) is 12.1 Å². The Kier molecular flexibility index (Phi) is 5.43. The second-order valence-corrected chi connectivity index (χ2v) is 7.80. The topological polar surface area (TPSA) is 65.8 Å². The zero-order valence-electron chi connectivity index (χ0n) is 15.6. The number of aromatic nitrogens is 1. The van der Waals surface area contributed by atoms with E-state index in [-0.39, 0.29) is 18.4 Å². The first-order valence-electron chi connectivity index (χ1n) is 9.88. The van der Waals surface area contributed by atoms with Crippen molar-refractivity contribution < 1.29 is 14.9 Å². The van der Waals surface area contributed by atoms with Gasteiger partial charge in [-0.25, -0.2) is 0 Å². The maximum Gasteiger partial charge on any atom is 0.119 e. The molecule has 1 saturated carbocycles. The van der Waals surface area contributed by atoms with E-state index in [1.54, 1.807) is 6.20 Å². The molecule has 1 aromatic heterocycles. The maximum atomic E-state index is 11.6. The summed E-state index contributed by atoms with van der Waals surface area (Å²) in [6.07, 6.45) is 6.93. The summed E-state index contributed by atoms with van der Waals surface area (Å²) in [6, 6.07) is 12.0. The van der Waals surface area contributed by atoms with E-state index in [9.17, 15) is 5.11 Å². The first-order chi connectivity index (χ1) is 13.2. The molecule has 2 aliphatic rings. The highest BCUT2D eigenvalue weighted by Gasteiger charge is 2.51. The molecule has 2 aromatic rings. The summed E-state index contributed by atoms with van der Waals surface area (Å²) in [5, 5.41) is 20.5. The van der Waals surface area contributed by atoms with Crippen molar-refractivity contribution in [2.45, 2.75) is 31.4 Å². The molecule has 0 amide bonds. The lowest BCUT2D eigenvalue weighted by Crippen LogP contribution is -2.57. The minimum Gasteiger partial charge on any atom is -0.491 e. The van der Waals surface area contributed by atoms with Gasteiger partial charge >= 0.3 is 0 Å². The third kappa shape index (κ3) is 3.72. The van der Waals surface area contributed by atoms with Crippen molar-refractivity contribution in [3.05, 3.63) is 59.9 Å². The zero-order chi connectivity index (χ0) is 18.7. The van der Waals surface area contributed by atoms with Gasteiger partial charge in [0.2, 0.25) is 0 Å². The number of likely N-dealkylation sites (tertiary alicyclic amines) is 1. The fourth-order valence-electron chi connectivity index (χ4n) is 4.86. The van der Waals surface area contributed by atoms with E-state index in [1.165, 1.54) is 12.0 Å². The van der Waals surface area contributed by atoms with Crippen molar-refractivity contribution in [3.63, 3.8) is 0 Å². The van der Waals surface area contributed by atoms with Crippen molar-refractivity contribution in [2.24, 2.45) is 11.8 Å². The minimum absolute atomic E-state index is 0.0259. The molecule has 1 aliphatic carbocycles. The van der Waals surface area contributed by atoms with E-state index in [1.807, 2.05) is 30.5 Å². The Labute approximate surface area is 160 Å². The Hall–Kier alpha value is -1.95. The molecule has 2 fully saturated rings. The molecule has 2 N–H and O–H groups in total. The van der Waals surface area contributed by atoms with Crippen LogP contribution < -0.4 is 4.74 Å².